The zero-order chi connectivity index (χ0) is 22.6. The minimum Gasteiger partial charge on any atom is -0.322 e. The number of amides is 1. The van der Waals surface area contributed by atoms with Gasteiger partial charge in [0.25, 0.3) is 5.91 Å². The lowest BCUT2D eigenvalue weighted by molar-refractivity contribution is 0.102. The van der Waals surface area contributed by atoms with Gasteiger partial charge in [0.15, 0.2) is 0 Å². The number of benzene rings is 2. The topological polar surface area (TPSA) is 78.5 Å². The Bertz CT molecular complexity index is 1030. The monoisotopic (exact) mass is 443 g/mol. The Kier molecular flexibility index (Phi) is 7.51. The van der Waals surface area contributed by atoms with Crippen LogP contribution in [0.4, 0.5) is 5.69 Å². The summed E-state index contributed by atoms with van der Waals surface area (Å²) in [6, 6.07) is 12.2. The summed E-state index contributed by atoms with van der Waals surface area (Å²) in [6.07, 6.45) is 2.59. The molecule has 0 aromatic heterocycles. The summed E-state index contributed by atoms with van der Waals surface area (Å²) in [5, 5.41) is 2.94. The molecule has 0 bridgehead atoms. The second kappa shape index (κ2) is 9.94. The normalized spacial score (nSPS) is 16.8. The number of rotatable bonds is 7. The lowest BCUT2D eigenvalue weighted by Gasteiger charge is -2.32. The first-order valence-electron chi connectivity index (χ1n) is 10.9. The highest BCUT2D eigenvalue weighted by Crippen LogP contribution is 2.25. The van der Waals surface area contributed by atoms with Crippen molar-refractivity contribution >= 4 is 21.6 Å². The minimum atomic E-state index is -3.64. The first-order chi connectivity index (χ1) is 14.7. The number of hydrogen-bond donors (Lipinski definition) is 2. The molecule has 0 aliphatic carbocycles. The maximum Gasteiger partial charge on any atom is 0.255 e. The molecule has 31 heavy (non-hydrogen) atoms. The molecule has 0 spiro atoms. The summed E-state index contributed by atoms with van der Waals surface area (Å²) < 4.78 is 28.9. The summed E-state index contributed by atoms with van der Waals surface area (Å²) in [6.45, 7) is 7.77. The van der Waals surface area contributed by atoms with Gasteiger partial charge in [-0.25, -0.2) is 13.1 Å². The number of aryl methyl sites for hydroxylation is 2. The molecule has 3 rings (SSSR count). The molecule has 0 radical (unpaired) electrons. The number of carbonyl (C=O) groups is 1. The molecular weight excluding hydrogens is 410 g/mol. The summed E-state index contributed by atoms with van der Waals surface area (Å²) >= 11 is 0. The largest absolute Gasteiger partial charge is 0.322 e. The standard InChI is InChI=1S/C24H33N3O3S/c1-5-19-16-21(31(29,30)26-18(3)20-12-14-27(4)15-13-20)10-11-23(19)25-24(28)22-9-7-6-8-17(22)2/h6-11,16,18,20,26H,5,12-15H2,1-4H3,(H,25,28)/t18-/m1/s1. The average Bonchev–Trinajstić information content (AvgIpc) is 2.74. The van der Waals surface area contributed by atoms with Crippen molar-refractivity contribution in [2.45, 2.75) is 51.0 Å². The lowest BCUT2D eigenvalue weighted by Crippen LogP contribution is -2.43. The summed E-state index contributed by atoms with van der Waals surface area (Å²) in [5.74, 6) is 0.140. The van der Waals surface area contributed by atoms with Gasteiger partial charge in [-0.3, -0.25) is 4.79 Å². The van der Waals surface area contributed by atoms with Crippen LogP contribution in [0, 0.1) is 12.8 Å². The highest BCUT2D eigenvalue weighted by molar-refractivity contribution is 7.89. The number of nitrogens with zero attached hydrogens (tertiary/aromatic N) is 1. The third-order valence-electron chi connectivity index (χ3n) is 6.22. The molecule has 1 heterocycles. The number of hydrogen-bond acceptors (Lipinski definition) is 4. The van der Waals surface area contributed by atoms with Crippen molar-refractivity contribution in [1.29, 1.82) is 0 Å². The van der Waals surface area contributed by atoms with Crippen molar-refractivity contribution in [2.24, 2.45) is 5.92 Å². The highest BCUT2D eigenvalue weighted by atomic mass is 32.2. The fraction of sp³-hybridized carbons (Fsp3) is 0.458. The molecule has 1 amide bonds. The van der Waals surface area contributed by atoms with Crippen LogP contribution in [-0.2, 0) is 16.4 Å². The molecule has 1 fully saturated rings. The maximum atomic E-state index is 13.0. The third-order valence-corrected chi connectivity index (χ3v) is 7.77. The van der Waals surface area contributed by atoms with Gasteiger partial charge in [0.1, 0.15) is 0 Å². The minimum absolute atomic E-state index is 0.121. The molecule has 2 aromatic rings. The van der Waals surface area contributed by atoms with Crippen molar-refractivity contribution in [3.8, 4) is 0 Å². The van der Waals surface area contributed by atoms with E-state index in [1.54, 1.807) is 24.3 Å². The molecule has 1 atom stereocenters. The summed E-state index contributed by atoms with van der Waals surface area (Å²) in [7, 11) is -1.54. The van der Waals surface area contributed by atoms with E-state index in [0.29, 0.717) is 23.6 Å². The van der Waals surface area contributed by atoms with E-state index in [2.05, 4.69) is 22.0 Å². The Morgan fingerprint density at radius 3 is 2.48 bits per heavy atom. The molecule has 2 aromatic carbocycles. The van der Waals surface area contributed by atoms with Gasteiger partial charge in [0.2, 0.25) is 10.0 Å². The summed E-state index contributed by atoms with van der Waals surface area (Å²) in [4.78, 5) is 15.2. The SMILES string of the molecule is CCc1cc(S(=O)(=O)N[C@H](C)C2CCN(C)CC2)ccc1NC(=O)c1ccccc1C. The molecule has 1 saturated heterocycles. The van der Waals surface area contributed by atoms with Gasteiger partial charge in [0, 0.05) is 17.3 Å². The van der Waals surface area contributed by atoms with Gasteiger partial charge in [-0.1, -0.05) is 25.1 Å². The van der Waals surface area contributed by atoms with Crippen LogP contribution < -0.4 is 10.0 Å². The van der Waals surface area contributed by atoms with Gasteiger partial charge >= 0.3 is 0 Å². The Labute approximate surface area is 186 Å². The van der Waals surface area contributed by atoms with Gasteiger partial charge < -0.3 is 10.2 Å². The van der Waals surface area contributed by atoms with Crippen LogP contribution in [0.15, 0.2) is 47.4 Å². The Morgan fingerprint density at radius 1 is 1.16 bits per heavy atom. The van der Waals surface area contributed by atoms with Crippen molar-refractivity contribution in [3.05, 3.63) is 59.2 Å². The van der Waals surface area contributed by atoms with Crippen molar-refractivity contribution in [2.75, 3.05) is 25.5 Å². The Balaban J connectivity index is 1.75. The molecule has 0 unspecified atom stereocenters. The molecule has 168 valence electrons. The van der Waals surface area contributed by atoms with E-state index >= 15 is 0 Å². The van der Waals surface area contributed by atoms with Crippen LogP contribution in [0.25, 0.3) is 0 Å². The zero-order valence-electron chi connectivity index (χ0n) is 18.8. The molecule has 0 saturated carbocycles. The van der Waals surface area contributed by atoms with Crippen LogP contribution in [0.2, 0.25) is 0 Å². The second-order valence-electron chi connectivity index (χ2n) is 8.49. The fourth-order valence-electron chi connectivity index (χ4n) is 4.11. The molecule has 7 heteroatoms. The first-order valence-corrected chi connectivity index (χ1v) is 12.4. The second-order valence-corrected chi connectivity index (χ2v) is 10.2. The molecule has 2 N–H and O–H groups in total. The number of piperidine rings is 1. The van der Waals surface area contributed by atoms with E-state index in [1.807, 2.05) is 39.0 Å². The fourth-order valence-corrected chi connectivity index (χ4v) is 5.47. The molecule has 1 aliphatic heterocycles. The van der Waals surface area contributed by atoms with Crippen LogP contribution in [-0.4, -0.2) is 45.4 Å². The average molecular weight is 444 g/mol. The van der Waals surface area contributed by atoms with Crippen molar-refractivity contribution < 1.29 is 13.2 Å². The summed E-state index contributed by atoms with van der Waals surface area (Å²) in [5.41, 5.74) is 2.93. The van der Waals surface area contributed by atoms with Gasteiger partial charge in [-0.2, -0.15) is 0 Å². The van der Waals surface area contributed by atoms with Crippen molar-refractivity contribution in [3.63, 3.8) is 0 Å². The smallest absolute Gasteiger partial charge is 0.255 e. The maximum absolute atomic E-state index is 13.0. The number of nitrogens with one attached hydrogen (secondary N) is 2. The number of likely N-dealkylation sites (tertiary alicyclic amines) is 1. The third kappa shape index (κ3) is 5.73. The highest BCUT2D eigenvalue weighted by Gasteiger charge is 2.27. The Hall–Kier alpha value is -2.22. The molecule has 6 nitrogen and oxygen atoms in total. The van der Waals surface area contributed by atoms with E-state index in [-0.39, 0.29) is 16.8 Å². The predicted molar refractivity (Wildman–Crippen MR) is 125 cm³/mol. The van der Waals surface area contributed by atoms with Crippen LogP contribution in [0.5, 0.6) is 0 Å². The van der Waals surface area contributed by atoms with E-state index in [4.69, 9.17) is 0 Å². The Morgan fingerprint density at radius 2 is 1.84 bits per heavy atom. The first kappa shape index (κ1) is 23.4. The van der Waals surface area contributed by atoms with Crippen LogP contribution in [0.1, 0.15) is 48.2 Å². The van der Waals surface area contributed by atoms with Gasteiger partial charge in [-0.15, -0.1) is 0 Å². The molecule has 1 aliphatic rings. The van der Waals surface area contributed by atoms with Gasteiger partial charge in [0.05, 0.1) is 4.90 Å². The van der Waals surface area contributed by atoms with E-state index < -0.39 is 10.0 Å². The van der Waals surface area contributed by atoms with Crippen LogP contribution in [0.3, 0.4) is 0 Å². The van der Waals surface area contributed by atoms with Crippen LogP contribution >= 0.6 is 0 Å². The number of carbonyl (C=O) groups excluding carboxylic acids is 1. The van der Waals surface area contributed by atoms with E-state index in [1.165, 1.54) is 0 Å². The number of sulfonamides is 1. The number of anilines is 1. The van der Waals surface area contributed by atoms with Crippen molar-refractivity contribution in [1.82, 2.24) is 9.62 Å². The quantitative estimate of drug-likeness (QED) is 0.682. The predicted octanol–water partition coefficient (Wildman–Crippen LogP) is 3.82. The van der Waals surface area contributed by atoms with Gasteiger partial charge in [-0.05, 0) is 94.6 Å². The zero-order valence-corrected chi connectivity index (χ0v) is 19.6. The lowest BCUT2D eigenvalue weighted by atomic mass is 9.91. The van der Waals surface area contributed by atoms with E-state index in [0.717, 1.165) is 37.1 Å². The molecular formula is C24H33N3O3S. The van der Waals surface area contributed by atoms with E-state index in [9.17, 15) is 13.2 Å².